The fourth-order valence-corrected chi connectivity index (χ4v) is 2.79. The number of carbonyl (C=O) groups excluding carboxylic acids is 1. The van der Waals surface area contributed by atoms with Gasteiger partial charge in [0.05, 0.1) is 11.3 Å². The maximum atomic E-state index is 12.3. The van der Waals surface area contributed by atoms with E-state index in [1.54, 1.807) is 13.0 Å². The molecule has 0 bridgehead atoms. The molecule has 2 aromatic rings. The summed E-state index contributed by atoms with van der Waals surface area (Å²) < 4.78 is 26.8. The number of carbonyl (C=O) groups is 2. The number of benzene rings is 1. The molecule has 1 aromatic carbocycles. The first kappa shape index (κ1) is 18.3. The Kier molecular flexibility index (Phi) is 5.65. The van der Waals surface area contributed by atoms with Gasteiger partial charge in [0, 0.05) is 24.0 Å². The first-order valence-electron chi connectivity index (χ1n) is 7.20. The summed E-state index contributed by atoms with van der Waals surface area (Å²) in [6.45, 7) is 1.71. The topological polar surface area (TPSA) is 138 Å². The Morgan fingerprint density at radius 2 is 1.80 bits per heavy atom. The second-order valence-electron chi connectivity index (χ2n) is 5.09. The molecule has 10 heteroatoms. The van der Waals surface area contributed by atoms with Crippen molar-refractivity contribution in [2.75, 3.05) is 10.0 Å². The van der Waals surface area contributed by atoms with Gasteiger partial charge >= 0.3 is 5.97 Å². The number of nitrogens with one attached hydrogen (secondary N) is 2. The third-order valence-electron chi connectivity index (χ3n) is 3.03. The Bertz CT molecular complexity index is 881. The number of amides is 1. The van der Waals surface area contributed by atoms with Crippen LogP contribution in [0.2, 0.25) is 0 Å². The summed E-state index contributed by atoms with van der Waals surface area (Å²) >= 11 is 0. The highest BCUT2D eigenvalue weighted by Gasteiger charge is 2.16. The van der Waals surface area contributed by atoms with Gasteiger partial charge in [-0.3, -0.25) is 9.59 Å². The van der Waals surface area contributed by atoms with Crippen molar-refractivity contribution in [1.29, 1.82) is 0 Å². The van der Waals surface area contributed by atoms with Gasteiger partial charge in [0.15, 0.2) is 0 Å². The molecule has 0 fully saturated rings. The van der Waals surface area contributed by atoms with E-state index < -0.39 is 21.9 Å². The molecule has 0 aliphatic rings. The Morgan fingerprint density at radius 3 is 2.40 bits per heavy atom. The van der Waals surface area contributed by atoms with E-state index in [9.17, 15) is 18.0 Å². The molecule has 25 heavy (non-hydrogen) atoms. The number of aromatic nitrogens is 2. The van der Waals surface area contributed by atoms with Crippen LogP contribution < -0.4 is 10.0 Å². The van der Waals surface area contributed by atoms with E-state index in [4.69, 9.17) is 5.11 Å². The quantitative estimate of drug-likeness (QED) is 0.674. The number of aryl methyl sites for hydroxylation is 1. The summed E-state index contributed by atoms with van der Waals surface area (Å²) in [5.74, 6) is -1.57. The van der Waals surface area contributed by atoms with Crippen molar-refractivity contribution < 1.29 is 23.1 Å². The summed E-state index contributed by atoms with van der Waals surface area (Å²) in [7, 11) is -3.86. The Balaban J connectivity index is 2.05. The van der Waals surface area contributed by atoms with E-state index in [-0.39, 0.29) is 23.7 Å². The Hall–Kier alpha value is -3.01. The lowest BCUT2D eigenvalue weighted by molar-refractivity contribution is -0.138. The number of rotatable bonds is 7. The van der Waals surface area contributed by atoms with Gasteiger partial charge in [-0.05, 0) is 37.3 Å². The van der Waals surface area contributed by atoms with Crippen molar-refractivity contribution >= 4 is 33.5 Å². The van der Waals surface area contributed by atoms with Crippen molar-refractivity contribution in [2.45, 2.75) is 24.7 Å². The van der Waals surface area contributed by atoms with Gasteiger partial charge in [-0.15, -0.1) is 0 Å². The molecule has 0 atom stereocenters. The minimum atomic E-state index is -3.86. The molecule has 0 aliphatic heterocycles. The van der Waals surface area contributed by atoms with Gasteiger partial charge in [-0.2, -0.15) is 0 Å². The van der Waals surface area contributed by atoms with Gasteiger partial charge in [0.1, 0.15) is 0 Å². The molecule has 0 radical (unpaired) electrons. The van der Waals surface area contributed by atoms with Crippen LogP contribution in [0.1, 0.15) is 18.5 Å². The number of anilines is 2. The van der Waals surface area contributed by atoms with E-state index in [0.717, 1.165) is 0 Å². The lowest BCUT2D eigenvalue weighted by atomic mass is 10.2. The van der Waals surface area contributed by atoms with Gasteiger partial charge in [0.25, 0.3) is 10.0 Å². The standard InChI is InChI=1S/C15H16N4O5S/c1-10-8-9-16-15(17-10)19-25(23,24)12-4-2-11(3-5-12)18-13(20)6-7-14(21)22/h2-5,8-9H,6-7H2,1H3,(H,18,20)(H,21,22)(H,16,17,19). The summed E-state index contributed by atoms with van der Waals surface area (Å²) in [6, 6.07) is 7.07. The number of carboxylic acids is 1. The van der Waals surface area contributed by atoms with Crippen LogP contribution in [0.5, 0.6) is 0 Å². The highest BCUT2D eigenvalue weighted by Crippen LogP contribution is 2.16. The molecule has 1 heterocycles. The maximum Gasteiger partial charge on any atom is 0.303 e. The van der Waals surface area contributed by atoms with Crippen LogP contribution in [0.25, 0.3) is 0 Å². The highest BCUT2D eigenvalue weighted by molar-refractivity contribution is 7.92. The van der Waals surface area contributed by atoms with E-state index in [0.29, 0.717) is 11.4 Å². The number of carboxylic acid groups (broad SMARTS) is 1. The van der Waals surface area contributed by atoms with E-state index >= 15 is 0 Å². The molecular formula is C15H16N4O5S. The molecule has 0 saturated heterocycles. The SMILES string of the molecule is Cc1ccnc(NS(=O)(=O)c2ccc(NC(=O)CCC(=O)O)cc2)n1. The number of nitrogens with zero attached hydrogens (tertiary/aromatic N) is 2. The smallest absolute Gasteiger partial charge is 0.303 e. The predicted octanol–water partition coefficient (Wildman–Crippen LogP) is 1.39. The fraction of sp³-hybridized carbons (Fsp3) is 0.200. The van der Waals surface area contributed by atoms with Crippen molar-refractivity contribution in [2.24, 2.45) is 0 Å². The molecule has 3 N–H and O–H groups in total. The van der Waals surface area contributed by atoms with Crippen LogP contribution in [-0.4, -0.2) is 35.4 Å². The van der Waals surface area contributed by atoms with Crippen molar-refractivity contribution in [1.82, 2.24) is 9.97 Å². The van der Waals surface area contributed by atoms with E-state index in [1.165, 1.54) is 30.5 Å². The normalized spacial score (nSPS) is 10.9. The summed E-state index contributed by atoms with van der Waals surface area (Å²) in [4.78, 5) is 29.7. The Morgan fingerprint density at radius 1 is 1.12 bits per heavy atom. The molecule has 1 amide bonds. The van der Waals surface area contributed by atoms with Crippen molar-refractivity contribution in [3.63, 3.8) is 0 Å². The monoisotopic (exact) mass is 364 g/mol. The van der Waals surface area contributed by atoms with Gasteiger partial charge in [-0.25, -0.2) is 23.1 Å². The number of aliphatic carboxylic acids is 1. The second kappa shape index (κ2) is 7.71. The van der Waals surface area contributed by atoms with Crippen LogP contribution in [0.4, 0.5) is 11.6 Å². The Labute approximate surface area is 144 Å². The third kappa shape index (κ3) is 5.53. The summed E-state index contributed by atoms with van der Waals surface area (Å²) in [5, 5.41) is 11.0. The fourth-order valence-electron chi connectivity index (χ4n) is 1.84. The molecule has 0 aliphatic carbocycles. The first-order valence-corrected chi connectivity index (χ1v) is 8.69. The van der Waals surface area contributed by atoms with Crippen LogP contribution in [0.15, 0.2) is 41.4 Å². The molecule has 0 saturated carbocycles. The van der Waals surface area contributed by atoms with Crippen LogP contribution in [0.3, 0.4) is 0 Å². The molecule has 1 aromatic heterocycles. The van der Waals surface area contributed by atoms with Crippen LogP contribution >= 0.6 is 0 Å². The summed E-state index contributed by atoms with van der Waals surface area (Å²) in [6.07, 6.45) is 0.996. The van der Waals surface area contributed by atoms with Crippen molar-refractivity contribution in [3.8, 4) is 0 Å². The number of hydrogen-bond acceptors (Lipinski definition) is 6. The van der Waals surface area contributed by atoms with Gasteiger partial charge in [0.2, 0.25) is 11.9 Å². The highest BCUT2D eigenvalue weighted by atomic mass is 32.2. The third-order valence-corrected chi connectivity index (χ3v) is 4.38. The molecule has 0 spiro atoms. The largest absolute Gasteiger partial charge is 0.481 e. The minimum Gasteiger partial charge on any atom is -0.481 e. The predicted molar refractivity (Wildman–Crippen MR) is 89.5 cm³/mol. The second-order valence-corrected chi connectivity index (χ2v) is 6.78. The van der Waals surface area contributed by atoms with Gasteiger partial charge < -0.3 is 10.4 Å². The first-order chi connectivity index (χ1) is 11.8. The zero-order chi connectivity index (χ0) is 18.4. The summed E-state index contributed by atoms with van der Waals surface area (Å²) in [5.41, 5.74) is 0.980. The molecule has 0 unspecified atom stereocenters. The maximum absolute atomic E-state index is 12.3. The lowest BCUT2D eigenvalue weighted by Crippen LogP contribution is -2.16. The molecular weight excluding hydrogens is 348 g/mol. The minimum absolute atomic E-state index is 0.0267. The van der Waals surface area contributed by atoms with Gasteiger partial charge in [-0.1, -0.05) is 0 Å². The molecule has 2 rings (SSSR count). The van der Waals surface area contributed by atoms with Crippen LogP contribution in [0, 0.1) is 6.92 Å². The molecule has 9 nitrogen and oxygen atoms in total. The lowest BCUT2D eigenvalue weighted by Gasteiger charge is -2.08. The average molecular weight is 364 g/mol. The molecule has 132 valence electrons. The van der Waals surface area contributed by atoms with Crippen LogP contribution in [-0.2, 0) is 19.6 Å². The average Bonchev–Trinajstić information content (AvgIpc) is 2.53. The number of sulfonamides is 1. The van der Waals surface area contributed by atoms with E-state index in [2.05, 4.69) is 20.0 Å². The zero-order valence-corrected chi connectivity index (χ0v) is 14.1. The van der Waals surface area contributed by atoms with E-state index in [1.807, 2.05) is 0 Å². The zero-order valence-electron chi connectivity index (χ0n) is 13.3. The van der Waals surface area contributed by atoms with Crippen molar-refractivity contribution in [3.05, 3.63) is 42.2 Å². The number of hydrogen-bond donors (Lipinski definition) is 3.